The van der Waals surface area contributed by atoms with E-state index in [-0.39, 0.29) is 6.01 Å². The van der Waals surface area contributed by atoms with Crippen LogP contribution in [0.4, 0.5) is 0 Å². The molecule has 0 spiro atoms. The number of aliphatic hydroxyl groups is 2. The molecule has 4 rings (SSSR count). The smallest absolute Gasteiger partial charge is 0.316 e. The van der Waals surface area contributed by atoms with Gasteiger partial charge in [0, 0.05) is 48.2 Å². The van der Waals surface area contributed by atoms with Crippen LogP contribution in [0.15, 0.2) is 55.0 Å². The molecule has 1 aromatic carbocycles. The molecular formula is C29H34N4O3. The van der Waals surface area contributed by atoms with Crippen LogP contribution in [-0.4, -0.2) is 57.3 Å². The highest BCUT2D eigenvalue weighted by Crippen LogP contribution is 2.50. The maximum Gasteiger partial charge on any atom is 0.316 e. The molecule has 188 valence electrons. The van der Waals surface area contributed by atoms with E-state index < -0.39 is 16.6 Å². The van der Waals surface area contributed by atoms with Gasteiger partial charge in [-0.3, -0.25) is 4.98 Å². The third-order valence-corrected chi connectivity index (χ3v) is 7.03. The summed E-state index contributed by atoms with van der Waals surface area (Å²) in [7, 11) is 3.52. The van der Waals surface area contributed by atoms with Crippen LogP contribution in [0.3, 0.4) is 0 Å². The summed E-state index contributed by atoms with van der Waals surface area (Å²) in [5.74, 6) is 6.31. The van der Waals surface area contributed by atoms with Gasteiger partial charge < -0.3 is 19.8 Å². The number of rotatable bonds is 6. The average molecular weight is 487 g/mol. The zero-order valence-corrected chi connectivity index (χ0v) is 21.8. The number of likely N-dealkylation sites (tertiary alicyclic amines) is 1. The quantitative estimate of drug-likeness (QED) is 0.516. The normalized spacial score (nSPS) is 18.4. The third-order valence-electron chi connectivity index (χ3n) is 7.03. The Labute approximate surface area is 213 Å². The van der Waals surface area contributed by atoms with Gasteiger partial charge in [-0.2, -0.15) is 4.98 Å². The van der Waals surface area contributed by atoms with E-state index in [1.54, 1.807) is 25.4 Å². The van der Waals surface area contributed by atoms with Crippen LogP contribution >= 0.6 is 0 Å². The summed E-state index contributed by atoms with van der Waals surface area (Å²) in [4.78, 5) is 14.8. The Morgan fingerprint density at radius 3 is 2.39 bits per heavy atom. The van der Waals surface area contributed by atoms with E-state index in [9.17, 15) is 10.2 Å². The molecule has 2 aromatic heterocycles. The van der Waals surface area contributed by atoms with Crippen molar-refractivity contribution in [3.63, 3.8) is 0 Å². The topological polar surface area (TPSA) is 91.6 Å². The van der Waals surface area contributed by atoms with Gasteiger partial charge in [0.2, 0.25) is 0 Å². The lowest BCUT2D eigenvalue weighted by molar-refractivity contribution is -0.127. The lowest BCUT2D eigenvalue weighted by atomic mass is 9.62. The first-order valence-corrected chi connectivity index (χ1v) is 12.1. The summed E-state index contributed by atoms with van der Waals surface area (Å²) in [6.45, 7) is 9.47. The van der Waals surface area contributed by atoms with Crippen molar-refractivity contribution in [2.75, 3.05) is 27.2 Å². The van der Waals surface area contributed by atoms with Crippen LogP contribution < -0.4 is 4.74 Å². The molecule has 2 N–H and O–H groups in total. The molecular weight excluding hydrogens is 452 g/mol. The Bertz CT molecular complexity index is 1290. The Balaban J connectivity index is 1.74. The molecule has 0 unspecified atom stereocenters. The molecule has 7 nitrogen and oxygen atoms in total. The highest BCUT2D eigenvalue weighted by atomic mass is 16.5. The number of methoxy groups -OCH3 is 1. The van der Waals surface area contributed by atoms with Crippen LogP contribution in [-0.2, 0) is 11.2 Å². The lowest BCUT2D eigenvalue weighted by Crippen LogP contribution is -2.63. The number of pyridine rings is 1. The molecule has 36 heavy (non-hydrogen) atoms. The van der Waals surface area contributed by atoms with Crippen molar-refractivity contribution in [3.8, 4) is 17.9 Å². The van der Waals surface area contributed by atoms with Gasteiger partial charge in [-0.05, 0) is 43.1 Å². The van der Waals surface area contributed by atoms with E-state index in [2.05, 4.69) is 64.6 Å². The third kappa shape index (κ3) is 4.72. The average Bonchev–Trinajstić information content (AvgIpc) is 2.86. The molecule has 1 aliphatic heterocycles. The first-order valence-electron chi connectivity index (χ1n) is 12.1. The lowest BCUT2D eigenvalue weighted by Gasteiger charge is -2.55. The van der Waals surface area contributed by atoms with Crippen LogP contribution in [0.1, 0.15) is 61.6 Å². The zero-order valence-electron chi connectivity index (χ0n) is 21.8. The maximum atomic E-state index is 12.4. The van der Waals surface area contributed by atoms with Crippen molar-refractivity contribution in [1.82, 2.24) is 19.9 Å². The number of hydrogen-bond donors (Lipinski definition) is 2. The molecule has 0 radical (unpaired) electrons. The Morgan fingerprint density at radius 2 is 1.78 bits per heavy atom. The van der Waals surface area contributed by atoms with Gasteiger partial charge in [0.1, 0.15) is 5.60 Å². The summed E-state index contributed by atoms with van der Waals surface area (Å²) >= 11 is 0. The van der Waals surface area contributed by atoms with Crippen molar-refractivity contribution in [3.05, 3.63) is 82.9 Å². The van der Waals surface area contributed by atoms with Gasteiger partial charge in [0.25, 0.3) is 0 Å². The molecule has 1 fully saturated rings. The Kier molecular flexibility index (Phi) is 6.89. The van der Waals surface area contributed by atoms with Crippen LogP contribution in [0.5, 0.6) is 6.01 Å². The van der Waals surface area contributed by atoms with Gasteiger partial charge in [-0.25, -0.2) is 4.98 Å². The van der Waals surface area contributed by atoms with E-state index >= 15 is 0 Å². The molecule has 2 atom stereocenters. The second-order valence-electron chi connectivity index (χ2n) is 10.4. The van der Waals surface area contributed by atoms with Crippen molar-refractivity contribution in [1.29, 1.82) is 0 Å². The number of ether oxygens (including phenoxy) is 1. The fourth-order valence-corrected chi connectivity index (χ4v) is 5.02. The summed E-state index contributed by atoms with van der Waals surface area (Å²) in [6.07, 6.45) is 4.85. The Morgan fingerprint density at radius 1 is 1.08 bits per heavy atom. The molecule has 0 saturated carbocycles. The monoisotopic (exact) mass is 486 g/mol. The van der Waals surface area contributed by atoms with Crippen LogP contribution in [0, 0.1) is 17.3 Å². The minimum Gasteiger partial charge on any atom is -0.467 e. The van der Waals surface area contributed by atoms with Crippen molar-refractivity contribution >= 4 is 0 Å². The van der Waals surface area contributed by atoms with Gasteiger partial charge >= 0.3 is 6.01 Å². The molecule has 0 amide bonds. The number of nitrogens with zero attached hydrogens (tertiary/aromatic N) is 4. The highest BCUT2D eigenvalue weighted by molar-refractivity contribution is 5.45. The number of benzene rings is 1. The van der Waals surface area contributed by atoms with Gasteiger partial charge in [-0.1, -0.05) is 56.9 Å². The first kappa shape index (κ1) is 25.8. The summed E-state index contributed by atoms with van der Waals surface area (Å²) in [5, 5.41) is 23.3. The van der Waals surface area contributed by atoms with Crippen LogP contribution in [0.2, 0.25) is 0 Å². The second-order valence-corrected chi connectivity index (χ2v) is 10.4. The van der Waals surface area contributed by atoms with E-state index in [0.717, 1.165) is 18.7 Å². The molecule has 0 bridgehead atoms. The SMILES string of the molecule is COc1nccc([C@](C)(O)C#Cc2cncc([C@@](O)(c3ccc(C(C)C)cc3)C3(C)CN(C)C3)c2)n1. The van der Waals surface area contributed by atoms with E-state index in [1.165, 1.54) is 18.9 Å². The molecule has 3 aromatic rings. The van der Waals surface area contributed by atoms with E-state index in [1.807, 2.05) is 25.2 Å². The minimum atomic E-state index is -1.53. The standard InChI is InChI=1S/C29H34N4O3/c1-20(2)22-7-9-23(10-8-22)29(35,27(3)18-33(5)19-27)24-15-21(16-30-17-24)11-13-28(4,34)25-12-14-31-26(32-25)36-6/h7-10,12,14-17,20,34-35H,18-19H2,1-6H3/t28-,29+/m1/s1. The fourth-order valence-electron chi connectivity index (χ4n) is 5.02. The molecule has 1 aliphatic rings. The van der Waals surface area contributed by atoms with Crippen LogP contribution in [0.25, 0.3) is 0 Å². The summed E-state index contributed by atoms with van der Waals surface area (Å²) in [5.41, 5.74) is 0.441. The second kappa shape index (κ2) is 9.62. The van der Waals surface area contributed by atoms with Gasteiger partial charge in [-0.15, -0.1) is 0 Å². The zero-order chi connectivity index (χ0) is 26.1. The van der Waals surface area contributed by atoms with Crippen molar-refractivity contribution in [2.24, 2.45) is 5.41 Å². The highest BCUT2D eigenvalue weighted by Gasteiger charge is 2.55. The van der Waals surface area contributed by atoms with E-state index in [0.29, 0.717) is 22.7 Å². The minimum absolute atomic E-state index is 0.158. The first-order chi connectivity index (χ1) is 17.0. The van der Waals surface area contributed by atoms with Crippen molar-refractivity contribution in [2.45, 2.75) is 44.8 Å². The largest absolute Gasteiger partial charge is 0.467 e. The number of hydrogen-bond acceptors (Lipinski definition) is 7. The molecule has 1 saturated heterocycles. The molecule has 7 heteroatoms. The fraction of sp³-hybridized carbons (Fsp3) is 0.414. The maximum absolute atomic E-state index is 12.4. The van der Waals surface area contributed by atoms with Gasteiger partial charge in [0.05, 0.1) is 12.8 Å². The van der Waals surface area contributed by atoms with E-state index in [4.69, 9.17) is 4.74 Å². The molecule has 3 heterocycles. The number of aromatic nitrogens is 3. The summed E-state index contributed by atoms with van der Waals surface area (Å²) < 4.78 is 5.06. The van der Waals surface area contributed by atoms with Crippen molar-refractivity contribution < 1.29 is 14.9 Å². The molecule has 0 aliphatic carbocycles. The summed E-state index contributed by atoms with van der Waals surface area (Å²) in [6, 6.07) is 11.8. The predicted octanol–water partition coefficient (Wildman–Crippen LogP) is 3.45. The predicted molar refractivity (Wildman–Crippen MR) is 138 cm³/mol. The van der Waals surface area contributed by atoms with Gasteiger partial charge in [0.15, 0.2) is 5.60 Å². The Hall–Kier alpha value is -3.31.